The van der Waals surface area contributed by atoms with E-state index in [-0.39, 0.29) is 0 Å². The van der Waals surface area contributed by atoms with Crippen LogP contribution in [0.25, 0.3) is 0 Å². The minimum atomic E-state index is 0.565. The predicted molar refractivity (Wildman–Crippen MR) is 75.2 cm³/mol. The van der Waals surface area contributed by atoms with Crippen LogP contribution in [-0.2, 0) is 4.74 Å². The Labute approximate surface area is 119 Å². The van der Waals surface area contributed by atoms with Gasteiger partial charge in [-0.3, -0.25) is 0 Å². The fourth-order valence-corrected chi connectivity index (χ4v) is 2.49. The highest BCUT2D eigenvalue weighted by Gasteiger charge is 2.13. The quantitative estimate of drug-likeness (QED) is 0.913. The number of hydrogen-bond acceptors (Lipinski definition) is 8. The van der Waals surface area contributed by atoms with E-state index in [9.17, 15) is 0 Å². The first-order chi connectivity index (χ1) is 9.85. The van der Waals surface area contributed by atoms with Crippen molar-refractivity contribution in [2.45, 2.75) is 0 Å². The number of rotatable bonds is 3. The fraction of sp³-hybridized carbons (Fsp3) is 0.333. The van der Waals surface area contributed by atoms with Gasteiger partial charge in [-0.2, -0.15) is 5.26 Å². The summed E-state index contributed by atoms with van der Waals surface area (Å²) in [5, 5.41) is 12.5. The van der Waals surface area contributed by atoms with Crippen molar-refractivity contribution in [1.82, 2.24) is 15.0 Å². The van der Waals surface area contributed by atoms with E-state index in [0.29, 0.717) is 29.0 Å². The lowest BCUT2D eigenvalue weighted by atomic mass is 10.4. The molecule has 1 aliphatic heterocycles. The van der Waals surface area contributed by atoms with E-state index < -0.39 is 0 Å². The third-order valence-corrected chi connectivity index (χ3v) is 3.66. The summed E-state index contributed by atoms with van der Waals surface area (Å²) in [5.41, 5.74) is 0. The van der Waals surface area contributed by atoms with Crippen LogP contribution in [0.5, 0.6) is 0 Å². The van der Waals surface area contributed by atoms with Crippen molar-refractivity contribution in [3.63, 3.8) is 0 Å². The largest absolute Gasteiger partial charge is 0.378 e. The normalized spacial score (nSPS) is 14.8. The number of nitrogens with one attached hydrogen (secondary N) is 1. The van der Waals surface area contributed by atoms with Gasteiger partial charge in [0.1, 0.15) is 28.9 Å². The van der Waals surface area contributed by atoms with Crippen LogP contribution in [-0.4, -0.2) is 41.3 Å². The van der Waals surface area contributed by atoms with E-state index in [1.54, 1.807) is 0 Å². The zero-order valence-electron chi connectivity index (χ0n) is 10.6. The Bertz CT molecular complexity index is 631. The second-order valence-corrected chi connectivity index (χ2v) is 5.16. The van der Waals surface area contributed by atoms with E-state index in [2.05, 4.69) is 31.2 Å². The summed E-state index contributed by atoms with van der Waals surface area (Å²) in [7, 11) is 0. The molecule has 3 heterocycles. The number of hydrogen-bond donors (Lipinski definition) is 1. The van der Waals surface area contributed by atoms with Gasteiger partial charge in [0.05, 0.1) is 19.4 Å². The van der Waals surface area contributed by atoms with E-state index in [4.69, 9.17) is 10.00 Å². The van der Waals surface area contributed by atoms with Gasteiger partial charge in [0.25, 0.3) is 0 Å². The molecule has 0 atom stereocenters. The molecule has 3 rings (SSSR count). The van der Waals surface area contributed by atoms with Gasteiger partial charge in [-0.1, -0.05) is 11.3 Å². The van der Waals surface area contributed by atoms with Crippen LogP contribution >= 0.6 is 11.3 Å². The number of morpholine rings is 1. The average Bonchev–Trinajstić information content (AvgIpc) is 2.96. The third kappa shape index (κ3) is 2.84. The van der Waals surface area contributed by atoms with Crippen LogP contribution in [0.3, 0.4) is 0 Å². The molecule has 102 valence electrons. The summed E-state index contributed by atoms with van der Waals surface area (Å²) in [6, 6.07) is 3.93. The highest BCUT2D eigenvalue weighted by atomic mass is 32.1. The van der Waals surface area contributed by atoms with Gasteiger partial charge in [0.15, 0.2) is 5.13 Å². The molecule has 1 saturated heterocycles. The zero-order valence-corrected chi connectivity index (χ0v) is 11.4. The van der Waals surface area contributed by atoms with Crippen molar-refractivity contribution in [3.05, 3.63) is 23.5 Å². The second kappa shape index (κ2) is 5.81. The van der Waals surface area contributed by atoms with Crippen LogP contribution in [0.15, 0.2) is 18.6 Å². The first-order valence-corrected chi connectivity index (χ1v) is 6.94. The SMILES string of the molecule is N#Cc1cnc(Nc2cc(N3CCOCC3)ncn2)s1. The van der Waals surface area contributed by atoms with Gasteiger partial charge < -0.3 is 15.0 Å². The van der Waals surface area contributed by atoms with Gasteiger partial charge in [0.2, 0.25) is 0 Å². The summed E-state index contributed by atoms with van der Waals surface area (Å²) in [6.45, 7) is 3.08. The molecule has 0 unspecified atom stereocenters. The van der Waals surface area contributed by atoms with Crippen molar-refractivity contribution in [2.24, 2.45) is 0 Å². The average molecular weight is 288 g/mol. The number of aromatic nitrogens is 3. The van der Waals surface area contributed by atoms with Crippen LogP contribution < -0.4 is 10.2 Å². The molecule has 0 aliphatic carbocycles. The van der Waals surface area contributed by atoms with Gasteiger partial charge in [-0.15, -0.1) is 0 Å². The first kappa shape index (κ1) is 12.8. The van der Waals surface area contributed by atoms with Crippen molar-refractivity contribution in [2.75, 3.05) is 36.5 Å². The molecule has 0 bridgehead atoms. The van der Waals surface area contributed by atoms with Gasteiger partial charge in [-0.25, -0.2) is 15.0 Å². The summed E-state index contributed by atoms with van der Waals surface area (Å²) in [4.78, 5) is 15.3. The molecule has 8 heteroatoms. The van der Waals surface area contributed by atoms with E-state index >= 15 is 0 Å². The number of nitrogens with zero attached hydrogens (tertiary/aromatic N) is 5. The molecular weight excluding hydrogens is 276 g/mol. The number of ether oxygens (including phenoxy) is 1. The summed E-state index contributed by atoms with van der Waals surface area (Å²) in [6.07, 6.45) is 3.06. The highest BCUT2D eigenvalue weighted by Crippen LogP contribution is 2.22. The van der Waals surface area contributed by atoms with Crippen LogP contribution in [0.1, 0.15) is 4.88 Å². The molecular formula is C12H12N6OS. The predicted octanol–water partition coefficient (Wildman–Crippen LogP) is 1.38. The Hall–Kier alpha value is -2.24. The smallest absolute Gasteiger partial charge is 0.189 e. The molecule has 20 heavy (non-hydrogen) atoms. The van der Waals surface area contributed by atoms with Gasteiger partial charge >= 0.3 is 0 Å². The Morgan fingerprint density at radius 3 is 2.90 bits per heavy atom. The van der Waals surface area contributed by atoms with Crippen LogP contribution in [0, 0.1) is 11.3 Å². The van der Waals surface area contributed by atoms with E-state index in [1.807, 2.05) is 6.07 Å². The molecule has 0 aromatic carbocycles. The van der Waals surface area contributed by atoms with Gasteiger partial charge in [0, 0.05) is 19.2 Å². The fourth-order valence-electron chi connectivity index (χ4n) is 1.87. The summed E-state index contributed by atoms with van der Waals surface area (Å²) < 4.78 is 5.32. The van der Waals surface area contributed by atoms with Crippen molar-refractivity contribution < 1.29 is 4.74 Å². The van der Waals surface area contributed by atoms with E-state index in [0.717, 1.165) is 18.9 Å². The Morgan fingerprint density at radius 2 is 2.15 bits per heavy atom. The minimum Gasteiger partial charge on any atom is -0.378 e. The molecule has 2 aromatic rings. The third-order valence-electron chi connectivity index (χ3n) is 2.84. The maximum atomic E-state index is 8.78. The molecule has 1 N–H and O–H groups in total. The molecule has 0 radical (unpaired) electrons. The number of anilines is 3. The molecule has 7 nitrogen and oxygen atoms in total. The number of nitriles is 1. The molecule has 1 fully saturated rings. The highest BCUT2D eigenvalue weighted by molar-refractivity contribution is 7.16. The minimum absolute atomic E-state index is 0.565. The lowest BCUT2D eigenvalue weighted by Gasteiger charge is -2.27. The van der Waals surface area contributed by atoms with Crippen LogP contribution in [0.2, 0.25) is 0 Å². The summed E-state index contributed by atoms with van der Waals surface area (Å²) in [5.74, 6) is 1.53. The maximum Gasteiger partial charge on any atom is 0.189 e. The first-order valence-electron chi connectivity index (χ1n) is 6.13. The lowest BCUT2D eigenvalue weighted by molar-refractivity contribution is 0.122. The molecule has 2 aromatic heterocycles. The molecule has 0 spiro atoms. The molecule has 0 amide bonds. The Kier molecular flexibility index (Phi) is 3.71. The Morgan fingerprint density at radius 1 is 1.30 bits per heavy atom. The van der Waals surface area contributed by atoms with Crippen molar-refractivity contribution in [1.29, 1.82) is 5.26 Å². The Balaban J connectivity index is 1.75. The van der Waals surface area contributed by atoms with Crippen LogP contribution in [0.4, 0.5) is 16.8 Å². The monoisotopic (exact) mass is 288 g/mol. The standard InChI is InChI=1S/C12H12N6OS/c13-6-9-7-14-12(20-9)17-10-5-11(16-8-15-10)18-1-3-19-4-2-18/h5,7-8H,1-4H2,(H,14,15,16,17). The van der Waals surface area contributed by atoms with Crippen molar-refractivity contribution >= 4 is 28.1 Å². The zero-order chi connectivity index (χ0) is 13.8. The molecule has 1 aliphatic rings. The maximum absolute atomic E-state index is 8.78. The lowest BCUT2D eigenvalue weighted by Crippen LogP contribution is -2.36. The van der Waals surface area contributed by atoms with Crippen molar-refractivity contribution in [3.8, 4) is 6.07 Å². The van der Waals surface area contributed by atoms with E-state index in [1.165, 1.54) is 23.9 Å². The topological polar surface area (TPSA) is 87.0 Å². The summed E-state index contributed by atoms with van der Waals surface area (Å²) >= 11 is 1.29. The number of thiazole rings is 1. The molecule has 0 saturated carbocycles. The van der Waals surface area contributed by atoms with Gasteiger partial charge in [-0.05, 0) is 0 Å². The second-order valence-electron chi connectivity index (χ2n) is 4.13.